The summed E-state index contributed by atoms with van der Waals surface area (Å²) in [7, 11) is 1.64. The predicted molar refractivity (Wildman–Crippen MR) is 137 cm³/mol. The average Bonchev–Trinajstić information content (AvgIpc) is 3.25. The second-order valence-electron chi connectivity index (χ2n) is 7.41. The van der Waals surface area contributed by atoms with E-state index in [0.717, 1.165) is 43.2 Å². The average molecular weight is 557 g/mol. The van der Waals surface area contributed by atoms with Gasteiger partial charge in [-0.3, -0.25) is 0 Å². The molecular weight excluding hydrogens is 524 g/mol. The molecule has 0 saturated carbocycles. The third-order valence-corrected chi connectivity index (χ3v) is 5.02. The second-order valence-corrected chi connectivity index (χ2v) is 7.41. The first kappa shape index (κ1) is 26.0. The van der Waals surface area contributed by atoms with Crippen molar-refractivity contribution in [3.8, 4) is 11.5 Å². The summed E-state index contributed by atoms with van der Waals surface area (Å²) >= 11 is 0. The van der Waals surface area contributed by atoms with Gasteiger partial charge in [-0.05, 0) is 49.6 Å². The Morgan fingerprint density at radius 1 is 1.28 bits per heavy atom. The van der Waals surface area contributed by atoms with Crippen LogP contribution in [0.1, 0.15) is 32.3 Å². The van der Waals surface area contributed by atoms with Crippen LogP contribution in [0.15, 0.2) is 41.5 Å². The first-order chi connectivity index (χ1) is 15.1. The molecule has 0 aliphatic carbocycles. The molecule has 3 rings (SSSR count). The Labute approximate surface area is 206 Å². The molecule has 0 spiro atoms. The number of nitrogens with zero attached hydrogens (tertiary/aromatic N) is 3. The van der Waals surface area contributed by atoms with E-state index in [0.29, 0.717) is 31.3 Å². The molecule has 0 amide bonds. The van der Waals surface area contributed by atoms with Gasteiger partial charge >= 0.3 is 0 Å². The minimum atomic E-state index is -0.288. The molecule has 2 N–H and O–H groups in total. The monoisotopic (exact) mass is 557 g/mol. The van der Waals surface area contributed by atoms with E-state index in [4.69, 9.17) is 14.5 Å². The maximum Gasteiger partial charge on any atom is 0.191 e. The highest BCUT2D eigenvalue weighted by Gasteiger charge is 2.25. The number of rotatable bonds is 9. The number of anilines is 1. The molecule has 32 heavy (non-hydrogen) atoms. The molecule has 1 fully saturated rings. The van der Waals surface area contributed by atoms with E-state index in [1.165, 1.54) is 6.07 Å². The summed E-state index contributed by atoms with van der Waals surface area (Å²) in [6, 6.07) is 9.11. The summed E-state index contributed by atoms with van der Waals surface area (Å²) < 4.78 is 25.2. The molecule has 9 heteroatoms. The van der Waals surface area contributed by atoms with Crippen LogP contribution in [0.25, 0.3) is 0 Å². The summed E-state index contributed by atoms with van der Waals surface area (Å²) in [5.74, 6) is 2.31. The topological polar surface area (TPSA) is 71.0 Å². The Bertz CT molecular complexity index is 883. The largest absolute Gasteiger partial charge is 0.493 e. The number of methoxy groups -OCH3 is 1. The van der Waals surface area contributed by atoms with E-state index in [1.54, 1.807) is 19.4 Å². The van der Waals surface area contributed by atoms with Crippen LogP contribution in [-0.4, -0.2) is 50.3 Å². The van der Waals surface area contributed by atoms with Gasteiger partial charge in [0.2, 0.25) is 0 Å². The molecule has 1 aliphatic heterocycles. The van der Waals surface area contributed by atoms with E-state index >= 15 is 0 Å². The Hall–Kier alpha value is -2.30. The number of nitrogens with one attached hydrogen (secondary N) is 2. The molecule has 1 saturated heterocycles. The lowest BCUT2D eigenvalue weighted by Crippen LogP contribution is -2.44. The van der Waals surface area contributed by atoms with Crippen molar-refractivity contribution in [1.82, 2.24) is 15.6 Å². The molecule has 1 unspecified atom stereocenters. The summed E-state index contributed by atoms with van der Waals surface area (Å²) in [6.45, 7) is 7.45. The van der Waals surface area contributed by atoms with Crippen LogP contribution in [0.3, 0.4) is 0 Å². The fourth-order valence-corrected chi connectivity index (χ4v) is 3.51. The number of hydrogen-bond acceptors (Lipinski definition) is 5. The summed E-state index contributed by atoms with van der Waals surface area (Å²) in [4.78, 5) is 10.9. The first-order valence-corrected chi connectivity index (χ1v) is 10.8. The molecule has 1 aromatic heterocycles. The molecule has 1 atom stereocenters. The number of aliphatic imine (C=N–C) groups is 1. The van der Waals surface area contributed by atoms with Crippen molar-refractivity contribution in [2.75, 3.05) is 38.3 Å². The van der Waals surface area contributed by atoms with Gasteiger partial charge in [-0.15, -0.1) is 24.0 Å². The molecule has 1 aromatic carbocycles. The van der Waals surface area contributed by atoms with Crippen LogP contribution in [0.5, 0.6) is 11.5 Å². The van der Waals surface area contributed by atoms with Gasteiger partial charge in [-0.25, -0.2) is 14.4 Å². The summed E-state index contributed by atoms with van der Waals surface area (Å²) in [5.41, 5.74) is 1.03. The third kappa shape index (κ3) is 7.11. The zero-order valence-electron chi connectivity index (χ0n) is 18.9. The summed E-state index contributed by atoms with van der Waals surface area (Å²) in [5, 5.41) is 6.75. The van der Waals surface area contributed by atoms with Gasteiger partial charge in [0.1, 0.15) is 0 Å². The molecule has 2 heterocycles. The van der Waals surface area contributed by atoms with Crippen molar-refractivity contribution in [3.63, 3.8) is 0 Å². The fourth-order valence-electron chi connectivity index (χ4n) is 3.51. The van der Waals surface area contributed by atoms with Gasteiger partial charge in [-0.1, -0.05) is 13.0 Å². The lowest BCUT2D eigenvalue weighted by molar-refractivity contribution is 0.294. The quantitative estimate of drug-likeness (QED) is 0.276. The molecule has 0 bridgehead atoms. The van der Waals surface area contributed by atoms with Crippen LogP contribution in [0, 0.1) is 5.82 Å². The minimum Gasteiger partial charge on any atom is -0.493 e. The van der Waals surface area contributed by atoms with Crippen molar-refractivity contribution < 1.29 is 13.9 Å². The Balaban J connectivity index is 0.00000363. The number of guanidine groups is 1. The Morgan fingerprint density at radius 2 is 2.12 bits per heavy atom. The maximum atomic E-state index is 14.0. The number of aromatic nitrogens is 1. The Morgan fingerprint density at radius 3 is 2.84 bits per heavy atom. The van der Waals surface area contributed by atoms with Crippen LogP contribution in [0.2, 0.25) is 0 Å². The van der Waals surface area contributed by atoms with Gasteiger partial charge < -0.3 is 25.0 Å². The second kappa shape index (κ2) is 13.3. The van der Waals surface area contributed by atoms with E-state index < -0.39 is 0 Å². The number of halogens is 2. The number of benzene rings is 1. The van der Waals surface area contributed by atoms with Crippen LogP contribution in [-0.2, 0) is 6.54 Å². The van der Waals surface area contributed by atoms with Crippen molar-refractivity contribution in [2.24, 2.45) is 4.99 Å². The minimum absolute atomic E-state index is 0. The van der Waals surface area contributed by atoms with Crippen molar-refractivity contribution in [1.29, 1.82) is 0 Å². The van der Waals surface area contributed by atoms with Crippen molar-refractivity contribution in [2.45, 2.75) is 39.3 Å². The zero-order valence-corrected chi connectivity index (χ0v) is 21.3. The smallest absolute Gasteiger partial charge is 0.191 e. The SMILES string of the molecule is CCCOc1ccc(CN=C(NCC)NC2CCN(c3ncccc3F)C2)cc1OC.I. The Kier molecular flexibility index (Phi) is 10.8. The van der Waals surface area contributed by atoms with Gasteiger partial charge in [0.25, 0.3) is 0 Å². The normalized spacial score (nSPS) is 15.8. The summed E-state index contributed by atoms with van der Waals surface area (Å²) in [6.07, 6.45) is 3.45. The van der Waals surface area contributed by atoms with Crippen molar-refractivity contribution >= 4 is 35.8 Å². The molecule has 0 radical (unpaired) electrons. The predicted octanol–water partition coefficient (Wildman–Crippen LogP) is 3.97. The standard InChI is InChI=1S/C23H32FN5O2.HI/c1-4-13-31-20-9-8-17(14-21(20)30-3)15-27-23(25-5-2)28-18-10-12-29(16-18)22-19(24)7-6-11-26-22;/h6-9,11,14,18H,4-5,10,12-13,15-16H2,1-3H3,(H2,25,27,28);1H. The van der Waals surface area contributed by atoms with Gasteiger partial charge in [0.05, 0.1) is 20.3 Å². The maximum absolute atomic E-state index is 14.0. The highest BCUT2D eigenvalue weighted by atomic mass is 127. The highest BCUT2D eigenvalue weighted by molar-refractivity contribution is 14.0. The molecule has 2 aromatic rings. The van der Waals surface area contributed by atoms with E-state index in [9.17, 15) is 4.39 Å². The van der Waals surface area contributed by atoms with Gasteiger partial charge in [0.15, 0.2) is 29.1 Å². The fraction of sp³-hybridized carbons (Fsp3) is 0.478. The number of pyridine rings is 1. The van der Waals surface area contributed by atoms with Crippen LogP contribution >= 0.6 is 24.0 Å². The molecule has 176 valence electrons. The van der Waals surface area contributed by atoms with E-state index in [2.05, 4.69) is 22.5 Å². The lowest BCUT2D eigenvalue weighted by atomic mass is 10.2. The van der Waals surface area contributed by atoms with Gasteiger partial charge in [0, 0.05) is 31.9 Å². The molecule has 7 nitrogen and oxygen atoms in total. The van der Waals surface area contributed by atoms with E-state index in [-0.39, 0.29) is 35.8 Å². The number of ether oxygens (including phenoxy) is 2. The first-order valence-electron chi connectivity index (χ1n) is 10.8. The third-order valence-electron chi connectivity index (χ3n) is 5.02. The van der Waals surface area contributed by atoms with Gasteiger partial charge in [-0.2, -0.15) is 0 Å². The zero-order chi connectivity index (χ0) is 22.1. The lowest BCUT2D eigenvalue weighted by Gasteiger charge is -2.20. The van der Waals surface area contributed by atoms with Crippen LogP contribution in [0.4, 0.5) is 10.2 Å². The van der Waals surface area contributed by atoms with Crippen LogP contribution < -0.4 is 25.0 Å². The highest BCUT2D eigenvalue weighted by Crippen LogP contribution is 2.28. The molecular formula is C23H33FIN5O2. The van der Waals surface area contributed by atoms with Crippen molar-refractivity contribution in [3.05, 3.63) is 47.9 Å². The molecule has 1 aliphatic rings. The van der Waals surface area contributed by atoms with E-state index in [1.807, 2.05) is 30.0 Å². The number of hydrogen-bond donors (Lipinski definition) is 2.